The topological polar surface area (TPSA) is 111 Å². The van der Waals surface area contributed by atoms with Crippen LogP contribution in [0.4, 0.5) is 23.3 Å². The van der Waals surface area contributed by atoms with E-state index in [0.717, 1.165) is 16.9 Å². The fourth-order valence-electron chi connectivity index (χ4n) is 2.65. The van der Waals surface area contributed by atoms with Crippen LogP contribution in [-0.4, -0.2) is 24.9 Å². The van der Waals surface area contributed by atoms with Gasteiger partial charge in [0.05, 0.1) is 11.0 Å². The molecule has 4 rings (SSSR count). The highest BCUT2D eigenvalue weighted by molar-refractivity contribution is 5.79. The summed E-state index contributed by atoms with van der Waals surface area (Å²) < 4.78 is 0. The average molecular weight is 361 g/mol. The van der Waals surface area contributed by atoms with Gasteiger partial charge in [-0.15, -0.1) is 0 Å². The van der Waals surface area contributed by atoms with E-state index in [2.05, 4.69) is 35.6 Å². The number of fused-ring (bicyclic) bond motifs is 1. The molecule has 0 aliphatic rings. The Morgan fingerprint density at radius 1 is 0.815 bits per heavy atom. The van der Waals surface area contributed by atoms with Gasteiger partial charge < -0.3 is 20.6 Å². The molecule has 0 saturated heterocycles. The van der Waals surface area contributed by atoms with Crippen LogP contribution in [0.15, 0.2) is 53.3 Å². The van der Waals surface area contributed by atoms with Gasteiger partial charge >= 0.3 is 5.69 Å². The van der Waals surface area contributed by atoms with Crippen molar-refractivity contribution in [2.45, 2.75) is 19.8 Å². The second-order valence-electron chi connectivity index (χ2n) is 6.45. The number of nitrogens with one attached hydrogen (secondary N) is 4. The van der Waals surface area contributed by atoms with Gasteiger partial charge in [0.2, 0.25) is 11.9 Å². The molecule has 0 atom stereocenters. The van der Waals surface area contributed by atoms with Crippen molar-refractivity contribution in [2.75, 3.05) is 10.6 Å². The Morgan fingerprint density at radius 3 is 2.19 bits per heavy atom. The number of anilines is 4. The summed E-state index contributed by atoms with van der Waals surface area (Å²) in [5.74, 6) is 1.73. The fourth-order valence-corrected chi connectivity index (χ4v) is 2.65. The van der Waals surface area contributed by atoms with Crippen LogP contribution in [0, 0.1) is 0 Å². The van der Waals surface area contributed by atoms with E-state index in [9.17, 15) is 4.79 Å². The summed E-state index contributed by atoms with van der Waals surface area (Å²) in [7, 11) is 0. The van der Waals surface area contributed by atoms with Crippen molar-refractivity contribution in [3.05, 3.63) is 64.8 Å². The van der Waals surface area contributed by atoms with E-state index in [1.807, 2.05) is 62.4 Å². The zero-order valence-electron chi connectivity index (χ0n) is 14.9. The molecule has 8 heteroatoms. The number of rotatable bonds is 5. The van der Waals surface area contributed by atoms with E-state index in [4.69, 9.17) is 0 Å². The first-order valence-corrected chi connectivity index (χ1v) is 8.64. The van der Waals surface area contributed by atoms with Gasteiger partial charge in [-0.25, -0.2) is 4.79 Å². The minimum Gasteiger partial charge on any atom is -0.324 e. The SMILES string of the molecule is CC(C)c1nc(Nc2ccccc2)nc(Nc2ccc3[nH]c(=O)[nH]c3c2)n1. The maximum Gasteiger partial charge on any atom is 0.323 e. The molecular weight excluding hydrogens is 342 g/mol. The van der Waals surface area contributed by atoms with Crippen LogP contribution in [0.1, 0.15) is 25.6 Å². The molecule has 4 N–H and O–H groups in total. The molecule has 0 fully saturated rings. The molecule has 0 bridgehead atoms. The zero-order valence-corrected chi connectivity index (χ0v) is 14.9. The monoisotopic (exact) mass is 361 g/mol. The molecule has 0 radical (unpaired) electrons. The van der Waals surface area contributed by atoms with Crippen LogP contribution in [0.25, 0.3) is 11.0 Å². The standard InChI is InChI=1S/C19H19N7O/c1-11(2)16-24-17(20-12-6-4-3-5-7-12)26-18(25-16)21-13-8-9-14-15(10-13)23-19(27)22-14/h3-11H,1-2H3,(H2,22,23,27)(H2,20,21,24,25,26). The van der Waals surface area contributed by atoms with Crippen LogP contribution >= 0.6 is 0 Å². The summed E-state index contributed by atoms with van der Waals surface area (Å²) >= 11 is 0. The van der Waals surface area contributed by atoms with Gasteiger partial charge in [0, 0.05) is 17.3 Å². The highest BCUT2D eigenvalue weighted by Crippen LogP contribution is 2.21. The Hall–Kier alpha value is -3.68. The summed E-state index contributed by atoms with van der Waals surface area (Å²) in [6, 6.07) is 15.2. The fraction of sp³-hybridized carbons (Fsp3) is 0.158. The van der Waals surface area contributed by atoms with Crippen LogP contribution in [0.5, 0.6) is 0 Å². The Balaban J connectivity index is 1.66. The first kappa shape index (κ1) is 16.8. The third-order valence-corrected chi connectivity index (χ3v) is 3.97. The van der Waals surface area contributed by atoms with Crippen LogP contribution in [0.2, 0.25) is 0 Å². The Bertz CT molecular complexity index is 1130. The van der Waals surface area contributed by atoms with Gasteiger partial charge in [-0.3, -0.25) is 0 Å². The van der Waals surface area contributed by atoms with Crippen molar-refractivity contribution >= 4 is 34.3 Å². The van der Waals surface area contributed by atoms with Gasteiger partial charge in [-0.1, -0.05) is 32.0 Å². The quantitative estimate of drug-likeness (QED) is 0.432. The largest absolute Gasteiger partial charge is 0.324 e. The van der Waals surface area contributed by atoms with Crippen molar-refractivity contribution < 1.29 is 0 Å². The molecule has 4 aromatic rings. The summed E-state index contributed by atoms with van der Waals surface area (Å²) in [6.07, 6.45) is 0. The first-order chi connectivity index (χ1) is 13.1. The molecule has 2 heterocycles. The number of H-pyrrole nitrogens is 2. The molecule has 0 saturated carbocycles. The Kier molecular flexibility index (Phi) is 4.29. The molecule has 0 amide bonds. The van der Waals surface area contributed by atoms with Crippen LogP contribution < -0.4 is 16.3 Å². The number of aromatic amines is 2. The minimum atomic E-state index is -0.237. The second-order valence-corrected chi connectivity index (χ2v) is 6.45. The molecule has 8 nitrogen and oxygen atoms in total. The summed E-state index contributed by atoms with van der Waals surface area (Å²) in [6.45, 7) is 4.06. The van der Waals surface area contributed by atoms with E-state index in [1.54, 1.807) is 0 Å². The number of imidazole rings is 1. The van der Waals surface area contributed by atoms with Crippen LogP contribution in [0.3, 0.4) is 0 Å². The molecule has 136 valence electrons. The maximum atomic E-state index is 11.4. The summed E-state index contributed by atoms with van der Waals surface area (Å²) in [5.41, 5.74) is 2.89. The smallest absolute Gasteiger partial charge is 0.323 e. The lowest BCUT2D eigenvalue weighted by Crippen LogP contribution is -2.08. The van der Waals surface area contributed by atoms with Crippen molar-refractivity contribution in [1.82, 2.24) is 24.9 Å². The van der Waals surface area contributed by atoms with Gasteiger partial charge in [-0.2, -0.15) is 15.0 Å². The average Bonchev–Trinajstić information content (AvgIpc) is 3.01. The maximum absolute atomic E-state index is 11.4. The molecular formula is C19H19N7O. The lowest BCUT2D eigenvalue weighted by molar-refractivity contribution is 0.766. The lowest BCUT2D eigenvalue weighted by atomic mass is 10.2. The lowest BCUT2D eigenvalue weighted by Gasteiger charge is -2.12. The van der Waals surface area contributed by atoms with Crippen molar-refractivity contribution in [3.8, 4) is 0 Å². The number of hydrogen-bond acceptors (Lipinski definition) is 6. The number of aromatic nitrogens is 5. The molecule has 0 spiro atoms. The van der Waals surface area contributed by atoms with Gasteiger partial charge in [0.25, 0.3) is 0 Å². The van der Waals surface area contributed by atoms with E-state index < -0.39 is 0 Å². The molecule has 0 unspecified atom stereocenters. The highest BCUT2D eigenvalue weighted by atomic mass is 16.1. The molecule has 2 aromatic carbocycles. The summed E-state index contributed by atoms with van der Waals surface area (Å²) in [4.78, 5) is 30.4. The van der Waals surface area contributed by atoms with Gasteiger partial charge in [0.15, 0.2) is 0 Å². The molecule has 0 aliphatic carbocycles. The first-order valence-electron chi connectivity index (χ1n) is 8.64. The van der Waals surface area contributed by atoms with E-state index in [1.165, 1.54) is 0 Å². The van der Waals surface area contributed by atoms with Crippen molar-refractivity contribution in [1.29, 1.82) is 0 Å². The summed E-state index contributed by atoms with van der Waals surface area (Å²) in [5, 5.41) is 6.39. The molecule has 27 heavy (non-hydrogen) atoms. The molecule has 2 aromatic heterocycles. The van der Waals surface area contributed by atoms with Gasteiger partial charge in [-0.05, 0) is 30.3 Å². The molecule has 0 aliphatic heterocycles. The third-order valence-electron chi connectivity index (χ3n) is 3.97. The predicted octanol–water partition coefficient (Wildman–Crippen LogP) is 3.65. The number of benzene rings is 2. The van der Waals surface area contributed by atoms with Crippen molar-refractivity contribution in [3.63, 3.8) is 0 Å². The Labute approximate surface area is 155 Å². The number of para-hydroxylation sites is 1. The number of hydrogen-bond donors (Lipinski definition) is 4. The number of nitrogens with zero attached hydrogens (tertiary/aromatic N) is 3. The van der Waals surface area contributed by atoms with E-state index in [-0.39, 0.29) is 11.6 Å². The highest BCUT2D eigenvalue weighted by Gasteiger charge is 2.11. The van der Waals surface area contributed by atoms with E-state index >= 15 is 0 Å². The normalized spacial score (nSPS) is 11.1. The van der Waals surface area contributed by atoms with Crippen molar-refractivity contribution in [2.24, 2.45) is 0 Å². The van der Waals surface area contributed by atoms with E-state index in [0.29, 0.717) is 23.2 Å². The van der Waals surface area contributed by atoms with Gasteiger partial charge in [0.1, 0.15) is 5.82 Å². The Morgan fingerprint density at radius 2 is 1.48 bits per heavy atom. The minimum absolute atomic E-state index is 0.147. The predicted molar refractivity (Wildman–Crippen MR) is 106 cm³/mol. The zero-order chi connectivity index (χ0) is 18.8. The third kappa shape index (κ3) is 3.79. The second kappa shape index (κ2) is 6.91. The van der Waals surface area contributed by atoms with Crippen LogP contribution in [-0.2, 0) is 0 Å².